The Kier molecular flexibility index (Phi) is 4.31. The first-order valence-corrected chi connectivity index (χ1v) is 9.27. The van der Waals surface area contributed by atoms with E-state index in [1.54, 1.807) is 0 Å². The predicted octanol–water partition coefficient (Wildman–Crippen LogP) is 2.11. The summed E-state index contributed by atoms with van der Waals surface area (Å²) in [5, 5.41) is 14.2. The Labute approximate surface area is 149 Å². The zero-order valence-electron chi connectivity index (χ0n) is 13.7. The largest absolute Gasteiger partial charge is 0.353 e. The Morgan fingerprint density at radius 2 is 2.00 bits per heavy atom. The second-order valence-electron chi connectivity index (χ2n) is 6.21. The van der Waals surface area contributed by atoms with Gasteiger partial charge in [-0.1, -0.05) is 54.2 Å². The lowest BCUT2D eigenvalue weighted by molar-refractivity contribution is -0.118. The van der Waals surface area contributed by atoms with Crippen LogP contribution in [0.25, 0.3) is 10.8 Å². The molecule has 3 N–H and O–H groups in total. The van der Waals surface area contributed by atoms with E-state index in [1.165, 1.54) is 27.2 Å². The molecule has 0 saturated heterocycles. The average molecular weight is 353 g/mol. The van der Waals surface area contributed by atoms with Gasteiger partial charge in [0.25, 0.3) is 0 Å². The number of thioether (sulfide) groups is 1. The second-order valence-corrected chi connectivity index (χ2v) is 7.16. The third kappa shape index (κ3) is 3.61. The van der Waals surface area contributed by atoms with E-state index in [2.05, 4.69) is 39.8 Å². The molecule has 1 fully saturated rings. The SMILES string of the molecule is Nn1c(Cc2cccc3ccccc23)nnc1SCC(=O)NC1CC1. The van der Waals surface area contributed by atoms with Crippen molar-refractivity contribution in [2.45, 2.75) is 30.5 Å². The number of amides is 1. The molecule has 1 amide bonds. The molecule has 0 aliphatic heterocycles. The highest BCUT2D eigenvalue weighted by Gasteiger charge is 2.23. The Morgan fingerprint density at radius 3 is 2.84 bits per heavy atom. The maximum absolute atomic E-state index is 11.8. The third-order valence-corrected chi connectivity index (χ3v) is 5.18. The van der Waals surface area contributed by atoms with Crippen molar-refractivity contribution >= 4 is 28.4 Å². The van der Waals surface area contributed by atoms with Gasteiger partial charge in [-0.05, 0) is 29.2 Å². The van der Waals surface area contributed by atoms with Crippen LogP contribution in [0.3, 0.4) is 0 Å². The molecule has 0 atom stereocenters. The standard InChI is InChI=1S/C18H19N5OS/c19-23-16(10-13-6-3-5-12-4-1-2-7-15(12)13)21-22-18(23)25-11-17(24)20-14-8-9-14/h1-7,14H,8-11,19H2,(H,20,24). The number of nitrogens with two attached hydrogens (primary N) is 1. The number of nitrogen functional groups attached to an aromatic ring is 1. The topological polar surface area (TPSA) is 85.8 Å². The second kappa shape index (κ2) is 6.76. The normalized spacial score (nSPS) is 13.9. The third-order valence-electron chi connectivity index (χ3n) is 4.24. The van der Waals surface area contributed by atoms with Crippen molar-refractivity contribution in [2.24, 2.45) is 0 Å². The summed E-state index contributed by atoms with van der Waals surface area (Å²) in [7, 11) is 0. The van der Waals surface area contributed by atoms with Crippen LogP contribution in [-0.2, 0) is 11.2 Å². The number of aromatic nitrogens is 3. The molecule has 1 saturated carbocycles. The molecular weight excluding hydrogens is 334 g/mol. The van der Waals surface area contributed by atoms with Crippen LogP contribution in [0.15, 0.2) is 47.6 Å². The van der Waals surface area contributed by atoms with Crippen molar-refractivity contribution in [2.75, 3.05) is 11.6 Å². The molecule has 0 unspecified atom stereocenters. The van der Waals surface area contributed by atoms with Gasteiger partial charge in [-0.3, -0.25) is 4.79 Å². The molecule has 4 rings (SSSR count). The van der Waals surface area contributed by atoms with Crippen molar-refractivity contribution in [1.82, 2.24) is 20.2 Å². The number of rotatable bonds is 6. The Hall–Kier alpha value is -2.54. The number of hydrogen-bond acceptors (Lipinski definition) is 5. The zero-order chi connectivity index (χ0) is 17.2. The molecule has 0 spiro atoms. The first-order chi connectivity index (χ1) is 12.2. The van der Waals surface area contributed by atoms with Crippen molar-refractivity contribution in [3.05, 3.63) is 53.9 Å². The fraction of sp³-hybridized carbons (Fsp3) is 0.278. The summed E-state index contributed by atoms with van der Waals surface area (Å²) < 4.78 is 1.48. The van der Waals surface area contributed by atoms with E-state index < -0.39 is 0 Å². The molecule has 1 aliphatic carbocycles. The summed E-state index contributed by atoms with van der Waals surface area (Å²) >= 11 is 1.31. The number of nitrogens with one attached hydrogen (secondary N) is 1. The molecule has 1 heterocycles. The van der Waals surface area contributed by atoms with Crippen LogP contribution in [0.4, 0.5) is 0 Å². The van der Waals surface area contributed by atoms with Crippen molar-refractivity contribution in [1.29, 1.82) is 0 Å². The summed E-state index contributed by atoms with van der Waals surface area (Å²) in [6, 6.07) is 14.8. The smallest absolute Gasteiger partial charge is 0.230 e. The van der Waals surface area contributed by atoms with E-state index in [0.29, 0.717) is 29.2 Å². The first-order valence-electron chi connectivity index (χ1n) is 8.29. The van der Waals surface area contributed by atoms with E-state index in [0.717, 1.165) is 18.4 Å². The highest BCUT2D eigenvalue weighted by Crippen LogP contribution is 2.23. The number of fused-ring (bicyclic) bond motifs is 1. The van der Waals surface area contributed by atoms with Gasteiger partial charge in [0, 0.05) is 12.5 Å². The maximum atomic E-state index is 11.8. The van der Waals surface area contributed by atoms with Crippen LogP contribution >= 0.6 is 11.8 Å². The molecule has 0 radical (unpaired) electrons. The molecule has 1 aromatic heterocycles. The number of carbonyl (C=O) groups excluding carboxylic acids is 1. The van der Waals surface area contributed by atoms with E-state index in [1.807, 2.05) is 18.2 Å². The van der Waals surface area contributed by atoms with Gasteiger partial charge < -0.3 is 11.2 Å². The summed E-state index contributed by atoms with van der Waals surface area (Å²) in [6.07, 6.45) is 2.76. The van der Waals surface area contributed by atoms with Crippen molar-refractivity contribution in [3.8, 4) is 0 Å². The van der Waals surface area contributed by atoms with Crippen LogP contribution in [0.5, 0.6) is 0 Å². The van der Waals surface area contributed by atoms with Crippen molar-refractivity contribution in [3.63, 3.8) is 0 Å². The van der Waals surface area contributed by atoms with Crippen LogP contribution in [-0.4, -0.2) is 32.6 Å². The predicted molar refractivity (Wildman–Crippen MR) is 98.8 cm³/mol. The maximum Gasteiger partial charge on any atom is 0.230 e. The molecule has 6 nitrogen and oxygen atoms in total. The number of nitrogens with zero attached hydrogens (tertiary/aromatic N) is 3. The Bertz CT molecular complexity index is 913. The zero-order valence-corrected chi connectivity index (χ0v) is 14.5. The monoisotopic (exact) mass is 353 g/mol. The number of carbonyl (C=O) groups is 1. The molecule has 1 aliphatic rings. The Balaban J connectivity index is 1.47. The Morgan fingerprint density at radius 1 is 1.20 bits per heavy atom. The molecule has 128 valence electrons. The molecule has 7 heteroatoms. The number of hydrogen-bond donors (Lipinski definition) is 2. The van der Waals surface area contributed by atoms with Gasteiger partial charge >= 0.3 is 0 Å². The lowest BCUT2D eigenvalue weighted by Gasteiger charge is -2.07. The van der Waals surface area contributed by atoms with Gasteiger partial charge in [0.2, 0.25) is 11.1 Å². The van der Waals surface area contributed by atoms with Crippen molar-refractivity contribution < 1.29 is 4.79 Å². The molecule has 2 aromatic carbocycles. The molecule has 0 bridgehead atoms. The van der Waals surface area contributed by atoms with Crippen LogP contribution in [0, 0.1) is 0 Å². The van der Waals surface area contributed by atoms with Gasteiger partial charge in [0.15, 0.2) is 5.82 Å². The molecule has 25 heavy (non-hydrogen) atoms. The average Bonchev–Trinajstić information content (AvgIpc) is 3.37. The van der Waals surface area contributed by atoms with E-state index in [4.69, 9.17) is 5.84 Å². The van der Waals surface area contributed by atoms with Gasteiger partial charge in [-0.25, -0.2) is 4.68 Å². The minimum absolute atomic E-state index is 0.0195. The van der Waals surface area contributed by atoms with Gasteiger partial charge in [0.1, 0.15) is 0 Å². The van der Waals surface area contributed by atoms with Crippen LogP contribution in [0.1, 0.15) is 24.2 Å². The fourth-order valence-corrected chi connectivity index (χ4v) is 3.46. The highest BCUT2D eigenvalue weighted by molar-refractivity contribution is 7.99. The minimum Gasteiger partial charge on any atom is -0.353 e. The summed E-state index contributed by atoms with van der Waals surface area (Å²) in [5.41, 5.74) is 1.15. The van der Waals surface area contributed by atoms with E-state index >= 15 is 0 Å². The molecular formula is C18H19N5OS. The lowest BCUT2D eigenvalue weighted by Crippen LogP contribution is -2.27. The van der Waals surface area contributed by atoms with Gasteiger partial charge in [0.05, 0.1) is 5.75 Å². The first kappa shape index (κ1) is 16.0. The molecule has 3 aromatic rings. The fourth-order valence-electron chi connectivity index (χ4n) is 2.77. The number of benzene rings is 2. The van der Waals surface area contributed by atoms with Crippen LogP contribution < -0.4 is 11.2 Å². The summed E-state index contributed by atoms with van der Waals surface area (Å²) in [4.78, 5) is 11.8. The summed E-state index contributed by atoms with van der Waals surface area (Å²) in [5.74, 6) is 7.14. The highest BCUT2D eigenvalue weighted by atomic mass is 32.2. The van der Waals surface area contributed by atoms with E-state index in [9.17, 15) is 4.79 Å². The van der Waals surface area contributed by atoms with E-state index in [-0.39, 0.29) is 5.91 Å². The summed E-state index contributed by atoms with van der Waals surface area (Å²) in [6.45, 7) is 0. The lowest BCUT2D eigenvalue weighted by atomic mass is 10.0. The van der Waals surface area contributed by atoms with Crippen LogP contribution in [0.2, 0.25) is 0 Å². The quantitative estimate of drug-likeness (QED) is 0.524. The minimum atomic E-state index is 0.0195. The van der Waals surface area contributed by atoms with Gasteiger partial charge in [-0.15, -0.1) is 10.2 Å². The van der Waals surface area contributed by atoms with Gasteiger partial charge in [-0.2, -0.15) is 0 Å².